The highest BCUT2D eigenvalue weighted by molar-refractivity contribution is 7.71. The van der Waals surface area contributed by atoms with Gasteiger partial charge in [-0.05, 0) is 51.4 Å². The quantitative estimate of drug-likeness (QED) is 0.879. The first-order valence-electron chi connectivity index (χ1n) is 8.08. The van der Waals surface area contributed by atoms with Crippen molar-refractivity contribution in [2.45, 2.75) is 45.7 Å². The maximum absolute atomic E-state index is 12.7. The van der Waals surface area contributed by atoms with Gasteiger partial charge >= 0.3 is 0 Å². The molecule has 1 aromatic heterocycles. The number of nitrogens with zero attached hydrogens (tertiary/aromatic N) is 3. The minimum absolute atomic E-state index is 0.114. The molecule has 1 aliphatic rings. The van der Waals surface area contributed by atoms with Crippen LogP contribution in [0.15, 0.2) is 24.3 Å². The van der Waals surface area contributed by atoms with Crippen molar-refractivity contribution < 1.29 is 4.79 Å². The zero-order valence-electron chi connectivity index (χ0n) is 13.6. The third kappa shape index (κ3) is 3.37. The Bertz CT molecular complexity index is 764. The number of amides is 1. The van der Waals surface area contributed by atoms with E-state index in [2.05, 4.69) is 23.2 Å². The number of piperidine rings is 1. The molecule has 1 saturated heterocycles. The standard InChI is InChI=1S/C17H22N4OS/c1-12-6-5-8-14(10-12)16-18-19-17(23)21(16)11-15(22)20-9-4-3-7-13(20)2/h5-6,8,10,13H,3-4,7,9,11H2,1-2H3,(H,19,23). The number of H-pyrrole nitrogens is 1. The van der Waals surface area contributed by atoms with Gasteiger partial charge in [0.25, 0.3) is 0 Å². The van der Waals surface area contributed by atoms with Gasteiger partial charge in [0.1, 0.15) is 6.54 Å². The third-order valence-corrected chi connectivity index (χ3v) is 4.76. The molecule has 1 unspecified atom stereocenters. The minimum atomic E-state index is 0.114. The van der Waals surface area contributed by atoms with Crippen molar-refractivity contribution in [3.63, 3.8) is 0 Å². The molecular formula is C17H22N4OS. The van der Waals surface area contributed by atoms with Crippen molar-refractivity contribution in [1.29, 1.82) is 0 Å². The number of hydrogen-bond donors (Lipinski definition) is 1. The van der Waals surface area contributed by atoms with E-state index in [1.807, 2.05) is 30.0 Å². The lowest BCUT2D eigenvalue weighted by Gasteiger charge is -2.33. The lowest BCUT2D eigenvalue weighted by molar-refractivity contribution is -0.135. The topological polar surface area (TPSA) is 53.9 Å². The van der Waals surface area contributed by atoms with Crippen LogP contribution in [0.2, 0.25) is 0 Å². The maximum atomic E-state index is 12.7. The van der Waals surface area contributed by atoms with Gasteiger partial charge in [-0.15, -0.1) is 0 Å². The molecule has 0 aliphatic carbocycles. The summed E-state index contributed by atoms with van der Waals surface area (Å²) in [7, 11) is 0. The number of likely N-dealkylation sites (tertiary alicyclic amines) is 1. The van der Waals surface area contributed by atoms with Gasteiger partial charge in [0.05, 0.1) is 0 Å². The van der Waals surface area contributed by atoms with E-state index in [0.717, 1.165) is 36.3 Å². The normalized spacial score (nSPS) is 18.2. The molecule has 122 valence electrons. The van der Waals surface area contributed by atoms with Crippen molar-refractivity contribution in [3.8, 4) is 11.4 Å². The average molecular weight is 330 g/mol. The van der Waals surface area contributed by atoms with Crippen LogP contribution in [-0.2, 0) is 11.3 Å². The van der Waals surface area contributed by atoms with E-state index < -0.39 is 0 Å². The largest absolute Gasteiger partial charge is 0.338 e. The Hall–Kier alpha value is -1.95. The number of carbonyl (C=O) groups excluding carboxylic acids is 1. The smallest absolute Gasteiger partial charge is 0.242 e. The summed E-state index contributed by atoms with van der Waals surface area (Å²) in [6.07, 6.45) is 3.36. The fourth-order valence-corrected chi connectivity index (χ4v) is 3.36. The van der Waals surface area contributed by atoms with Gasteiger partial charge in [-0.2, -0.15) is 5.10 Å². The molecule has 0 saturated carbocycles. The molecule has 1 aliphatic heterocycles. The highest BCUT2D eigenvalue weighted by Crippen LogP contribution is 2.20. The minimum Gasteiger partial charge on any atom is -0.338 e. The summed E-state index contributed by atoms with van der Waals surface area (Å²) < 4.78 is 2.29. The number of rotatable bonds is 3. The van der Waals surface area contributed by atoms with Crippen LogP contribution in [0.25, 0.3) is 11.4 Å². The Labute approximate surface area is 141 Å². The van der Waals surface area contributed by atoms with E-state index in [0.29, 0.717) is 10.8 Å². The highest BCUT2D eigenvalue weighted by Gasteiger charge is 2.24. The van der Waals surface area contributed by atoms with Crippen LogP contribution in [0.3, 0.4) is 0 Å². The SMILES string of the molecule is Cc1cccc(-c2n[nH]c(=S)n2CC(=O)N2CCCCC2C)c1. The van der Waals surface area contributed by atoms with Gasteiger partial charge in [0, 0.05) is 18.2 Å². The predicted molar refractivity (Wildman–Crippen MR) is 92.6 cm³/mol. The van der Waals surface area contributed by atoms with Crippen molar-refractivity contribution in [1.82, 2.24) is 19.7 Å². The number of benzene rings is 1. The summed E-state index contributed by atoms with van der Waals surface area (Å²) in [5.41, 5.74) is 2.12. The zero-order chi connectivity index (χ0) is 16.4. The number of aromatic amines is 1. The van der Waals surface area contributed by atoms with Gasteiger partial charge in [-0.1, -0.05) is 23.8 Å². The maximum Gasteiger partial charge on any atom is 0.242 e. The Morgan fingerprint density at radius 1 is 1.43 bits per heavy atom. The van der Waals surface area contributed by atoms with Gasteiger partial charge in [-0.3, -0.25) is 14.5 Å². The Morgan fingerprint density at radius 3 is 3.00 bits per heavy atom. The summed E-state index contributed by atoms with van der Waals surface area (Å²) in [5, 5.41) is 7.14. The van der Waals surface area contributed by atoms with E-state index in [-0.39, 0.29) is 12.5 Å². The van der Waals surface area contributed by atoms with E-state index in [1.165, 1.54) is 6.42 Å². The lowest BCUT2D eigenvalue weighted by Crippen LogP contribution is -2.43. The summed E-state index contributed by atoms with van der Waals surface area (Å²) >= 11 is 5.33. The molecule has 2 heterocycles. The molecule has 1 atom stereocenters. The Morgan fingerprint density at radius 2 is 2.26 bits per heavy atom. The fourth-order valence-electron chi connectivity index (χ4n) is 3.16. The Kier molecular flexibility index (Phi) is 4.61. The number of aromatic nitrogens is 3. The van der Waals surface area contributed by atoms with Crippen LogP contribution in [0.1, 0.15) is 31.7 Å². The first kappa shape index (κ1) is 15.9. The van der Waals surface area contributed by atoms with Crippen LogP contribution >= 0.6 is 12.2 Å². The molecule has 1 amide bonds. The molecular weight excluding hydrogens is 308 g/mol. The second kappa shape index (κ2) is 6.66. The van der Waals surface area contributed by atoms with Crippen molar-refractivity contribution in [2.75, 3.05) is 6.54 Å². The molecule has 6 heteroatoms. The van der Waals surface area contributed by atoms with E-state index in [1.54, 1.807) is 4.57 Å². The van der Waals surface area contributed by atoms with Gasteiger partial charge in [0.15, 0.2) is 10.6 Å². The van der Waals surface area contributed by atoms with Crippen LogP contribution in [-0.4, -0.2) is 38.2 Å². The van der Waals surface area contributed by atoms with Crippen molar-refractivity contribution in [3.05, 3.63) is 34.6 Å². The predicted octanol–water partition coefficient (Wildman–Crippen LogP) is 3.32. The molecule has 2 aromatic rings. The van der Waals surface area contributed by atoms with Gasteiger partial charge < -0.3 is 4.90 Å². The fraction of sp³-hybridized carbons (Fsp3) is 0.471. The van der Waals surface area contributed by atoms with Gasteiger partial charge in [-0.25, -0.2) is 0 Å². The number of carbonyl (C=O) groups is 1. The molecule has 1 fully saturated rings. The van der Waals surface area contributed by atoms with Crippen LogP contribution in [0, 0.1) is 11.7 Å². The second-order valence-corrected chi connectivity index (χ2v) is 6.63. The monoisotopic (exact) mass is 330 g/mol. The number of nitrogens with one attached hydrogen (secondary N) is 1. The molecule has 0 spiro atoms. The highest BCUT2D eigenvalue weighted by atomic mass is 32.1. The lowest BCUT2D eigenvalue weighted by atomic mass is 10.0. The second-order valence-electron chi connectivity index (χ2n) is 6.24. The molecule has 3 rings (SSSR count). The molecule has 1 aromatic carbocycles. The van der Waals surface area contributed by atoms with E-state index >= 15 is 0 Å². The van der Waals surface area contributed by atoms with E-state index in [9.17, 15) is 4.79 Å². The number of aryl methyl sites for hydroxylation is 1. The Balaban J connectivity index is 1.87. The first-order valence-corrected chi connectivity index (χ1v) is 8.49. The molecule has 23 heavy (non-hydrogen) atoms. The summed E-state index contributed by atoms with van der Waals surface area (Å²) in [6.45, 7) is 5.23. The molecule has 0 radical (unpaired) electrons. The zero-order valence-corrected chi connectivity index (χ0v) is 14.4. The molecule has 1 N–H and O–H groups in total. The van der Waals surface area contributed by atoms with Crippen LogP contribution in [0.4, 0.5) is 0 Å². The third-order valence-electron chi connectivity index (χ3n) is 4.45. The average Bonchev–Trinajstić information content (AvgIpc) is 2.89. The summed E-state index contributed by atoms with van der Waals surface area (Å²) in [4.78, 5) is 14.7. The molecule has 0 bridgehead atoms. The summed E-state index contributed by atoms with van der Waals surface area (Å²) in [6, 6.07) is 8.37. The van der Waals surface area contributed by atoms with Crippen LogP contribution < -0.4 is 0 Å². The van der Waals surface area contributed by atoms with E-state index in [4.69, 9.17) is 12.2 Å². The van der Waals surface area contributed by atoms with Crippen LogP contribution in [0.5, 0.6) is 0 Å². The number of hydrogen-bond acceptors (Lipinski definition) is 3. The molecule has 5 nitrogen and oxygen atoms in total. The van der Waals surface area contributed by atoms with Crippen molar-refractivity contribution >= 4 is 18.1 Å². The first-order chi connectivity index (χ1) is 11.1. The summed E-state index contributed by atoms with van der Waals surface area (Å²) in [5.74, 6) is 0.834. The van der Waals surface area contributed by atoms with Gasteiger partial charge in [0.2, 0.25) is 5.91 Å². The van der Waals surface area contributed by atoms with Crippen molar-refractivity contribution in [2.24, 2.45) is 0 Å².